The van der Waals surface area contributed by atoms with Crippen molar-refractivity contribution in [1.29, 1.82) is 0 Å². The summed E-state index contributed by atoms with van der Waals surface area (Å²) in [6.45, 7) is 0.977. The molecular weight excluding hydrogens is 298 g/mol. The van der Waals surface area contributed by atoms with Crippen molar-refractivity contribution in [2.45, 2.75) is 25.7 Å². The molecule has 0 saturated heterocycles. The van der Waals surface area contributed by atoms with Crippen molar-refractivity contribution in [3.8, 4) is 0 Å². The summed E-state index contributed by atoms with van der Waals surface area (Å²) in [6.07, 6.45) is 3.83. The van der Waals surface area contributed by atoms with E-state index in [9.17, 15) is 4.79 Å². The number of halogens is 1. The molecule has 3 N–H and O–H groups in total. The lowest BCUT2D eigenvalue weighted by Crippen LogP contribution is -2.08. The second-order valence-corrected chi connectivity index (χ2v) is 4.89. The summed E-state index contributed by atoms with van der Waals surface area (Å²) >= 11 is 3.24. The van der Waals surface area contributed by atoms with Crippen LogP contribution in [0.15, 0.2) is 22.7 Å². The van der Waals surface area contributed by atoms with Crippen LogP contribution in [0, 0.1) is 0 Å². The number of anilines is 1. The third-order valence-electron chi connectivity index (χ3n) is 2.63. The zero-order valence-electron chi connectivity index (χ0n) is 10.2. The third kappa shape index (κ3) is 4.66. The largest absolute Gasteiger partial charge is 0.478 e. The summed E-state index contributed by atoms with van der Waals surface area (Å²) in [6, 6.07) is 5.29. The van der Waals surface area contributed by atoms with Crippen LogP contribution in [0.5, 0.6) is 0 Å². The Kier molecular flexibility index (Phi) is 6.75. The van der Waals surface area contributed by atoms with Gasteiger partial charge < -0.3 is 15.5 Å². The molecule has 0 fully saturated rings. The predicted octanol–water partition coefficient (Wildman–Crippen LogP) is 3.11. The highest BCUT2D eigenvalue weighted by molar-refractivity contribution is 9.10. The van der Waals surface area contributed by atoms with Gasteiger partial charge in [0.25, 0.3) is 0 Å². The Balaban J connectivity index is 2.47. The van der Waals surface area contributed by atoms with E-state index in [1.807, 2.05) is 6.07 Å². The maximum Gasteiger partial charge on any atom is 0.338 e. The van der Waals surface area contributed by atoms with E-state index >= 15 is 0 Å². The second-order valence-electron chi connectivity index (χ2n) is 4.03. The fourth-order valence-corrected chi connectivity index (χ4v) is 2.24. The first-order valence-electron chi connectivity index (χ1n) is 6.03. The van der Waals surface area contributed by atoms with Gasteiger partial charge in [-0.1, -0.05) is 18.9 Å². The molecule has 100 valence electrons. The minimum atomic E-state index is -0.940. The maximum absolute atomic E-state index is 11.1. The van der Waals surface area contributed by atoms with E-state index in [4.69, 9.17) is 10.2 Å². The number of rotatable bonds is 8. The number of hydrogen-bond donors (Lipinski definition) is 3. The number of aliphatic hydroxyl groups is 1. The molecule has 0 saturated carbocycles. The van der Waals surface area contributed by atoms with Crippen molar-refractivity contribution >= 4 is 27.6 Å². The van der Waals surface area contributed by atoms with Gasteiger partial charge in [0.15, 0.2) is 0 Å². The number of carboxylic acid groups (broad SMARTS) is 1. The SMILES string of the molecule is O=C(O)c1c(Br)cccc1NCCCCCCO. The van der Waals surface area contributed by atoms with Crippen molar-refractivity contribution < 1.29 is 15.0 Å². The number of unbranched alkanes of at least 4 members (excludes halogenated alkanes) is 3. The first kappa shape index (κ1) is 15.0. The van der Waals surface area contributed by atoms with Gasteiger partial charge >= 0.3 is 5.97 Å². The lowest BCUT2D eigenvalue weighted by atomic mass is 10.1. The number of carbonyl (C=O) groups is 1. The minimum absolute atomic E-state index is 0.238. The summed E-state index contributed by atoms with van der Waals surface area (Å²) < 4.78 is 0.584. The number of aromatic carboxylic acids is 1. The molecule has 0 aromatic heterocycles. The van der Waals surface area contributed by atoms with Gasteiger partial charge in [-0.25, -0.2) is 4.79 Å². The van der Waals surface area contributed by atoms with Crippen molar-refractivity contribution in [3.05, 3.63) is 28.2 Å². The first-order chi connectivity index (χ1) is 8.66. The summed E-state index contributed by atoms with van der Waals surface area (Å²) in [5.74, 6) is -0.940. The number of aliphatic hydroxyl groups excluding tert-OH is 1. The Morgan fingerprint density at radius 2 is 1.94 bits per heavy atom. The molecule has 4 nitrogen and oxygen atoms in total. The molecule has 0 heterocycles. The van der Waals surface area contributed by atoms with Gasteiger partial charge in [0.1, 0.15) is 0 Å². The monoisotopic (exact) mass is 315 g/mol. The molecule has 0 unspecified atom stereocenters. The molecule has 0 atom stereocenters. The average Bonchev–Trinajstić information content (AvgIpc) is 2.33. The van der Waals surface area contributed by atoms with Crippen molar-refractivity contribution in [1.82, 2.24) is 0 Å². The Labute approximate surface area is 115 Å². The molecule has 1 rings (SSSR count). The van der Waals surface area contributed by atoms with Crippen LogP contribution in [0.2, 0.25) is 0 Å². The van der Waals surface area contributed by atoms with E-state index in [1.54, 1.807) is 12.1 Å². The van der Waals surface area contributed by atoms with Gasteiger partial charge in [-0.15, -0.1) is 0 Å². The Bertz CT molecular complexity index is 396. The van der Waals surface area contributed by atoms with Crippen LogP contribution in [0.1, 0.15) is 36.0 Å². The lowest BCUT2D eigenvalue weighted by Gasteiger charge is -2.10. The van der Waals surface area contributed by atoms with Gasteiger partial charge in [0.2, 0.25) is 0 Å². The van der Waals surface area contributed by atoms with Gasteiger partial charge in [-0.2, -0.15) is 0 Å². The average molecular weight is 316 g/mol. The fraction of sp³-hybridized carbons (Fsp3) is 0.462. The Morgan fingerprint density at radius 1 is 1.22 bits per heavy atom. The first-order valence-corrected chi connectivity index (χ1v) is 6.82. The van der Waals surface area contributed by atoms with Crippen LogP contribution in [0.25, 0.3) is 0 Å². The molecule has 0 aliphatic carbocycles. The Morgan fingerprint density at radius 3 is 2.61 bits per heavy atom. The van der Waals surface area contributed by atoms with Gasteiger partial charge in [0.05, 0.1) is 5.56 Å². The molecule has 0 aliphatic rings. The van der Waals surface area contributed by atoms with Gasteiger partial charge in [0, 0.05) is 23.3 Å². The lowest BCUT2D eigenvalue weighted by molar-refractivity contribution is 0.0697. The predicted molar refractivity (Wildman–Crippen MR) is 75.1 cm³/mol. The minimum Gasteiger partial charge on any atom is -0.478 e. The fourth-order valence-electron chi connectivity index (χ4n) is 1.70. The van der Waals surface area contributed by atoms with Crippen LogP contribution in [0.4, 0.5) is 5.69 Å². The maximum atomic E-state index is 11.1. The summed E-state index contributed by atoms with van der Waals surface area (Å²) in [7, 11) is 0. The highest BCUT2D eigenvalue weighted by Crippen LogP contribution is 2.24. The van der Waals surface area contributed by atoms with Gasteiger partial charge in [-0.3, -0.25) is 0 Å². The van der Waals surface area contributed by atoms with Crippen LogP contribution < -0.4 is 5.32 Å². The highest BCUT2D eigenvalue weighted by atomic mass is 79.9. The number of nitrogens with one attached hydrogen (secondary N) is 1. The number of benzene rings is 1. The molecule has 1 aromatic rings. The van der Waals surface area contributed by atoms with Crippen LogP contribution in [-0.2, 0) is 0 Å². The molecular formula is C13H18BrNO3. The van der Waals surface area contributed by atoms with E-state index in [1.165, 1.54) is 0 Å². The van der Waals surface area contributed by atoms with Crippen molar-refractivity contribution in [3.63, 3.8) is 0 Å². The van der Waals surface area contributed by atoms with Crippen molar-refractivity contribution in [2.75, 3.05) is 18.5 Å². The molecule has 0 amide bonds. The van der Waals surface area contributed by atoms with Crippen molar-refractivity contribution in [2.24, 2.45) is 0 Å². The normalized spacial score (nSPS) is 10.3. The van der Waals surface area contributed by atoms with E-state index in [0.717, 1.165) is 32.2 Å². The highest BCUT2D eigenvalue weighted by Gasteiger charge is 2.13. The Hall–Kier alpha value is -1.07. The van der Waals surface area contributed by atoms with E-state index < -0.39 is 5.97 Å². The summed E-state index contributed by atoms with van der Waals surface area (Å²) in [5, 5.41) is 20.9. The second kappa shape index (κ2) is 8.11. The molecule has 1 aromatic carbocycles. The van der Waals surface area contributed by atoms with Crippen LogP contribution in [0.3, 0.4) is 0 Å². The molecule has 0 aliphatic heterocycles. The molecule has 0 radical (unpaired) electrons. The van der Waals surface area contributed by atoms with E-state index in [0.29, 0.717) is 10.2 Å². The van der Waals surface area contributed by atoms with Crippen LogP contribution >= 0.6 is 15.9 Å². The van der Waals surface area contributed by atoms with Crippen LogP contribution in [-0.4, -0.2) is 29.3 Å². The smallest absolute Gasteiger partial charge is 0.338 e. The summed E-state index contributed by atoms with van der Waals surface area (Å²) in [5.41, 5.74) is 0.909. The molecule has 18 heavy (non-hydrogen) atoms. The summed E-state index contributed by atoms with van der Waals surface area (Å²) in [4.78, 5) is 11.1. The number of carboxylic acids is 1. The van der Waals surface area contributed by atoms with E-state index in [2.05, 4.69) is 21.2 Å². The zero-order valence-corrected chi connectivity index (χ0v) is 11.7. The topological polar surface area (TPSA) is 69.6 Å². The third-order valence-corrected chi connectivity index (χ3v) is 3.29. The van der Waals surface area contributed by atoms with E-state index in [-0.39, 0.29) is 12.2 Å². The number of hydrogen-bond acceptors (Lipinski definition) is 3. The van der Waals surface area contributed by atoms with Gasteiger partial charge in [-0.05, 0) is 40.9 Å². The molecule has 0 bridgehead atoms. The molecule has 5 heteroatoms. The zero-order chi connectivity index (χ0) is 13.4. The quantitative estimate of drug-likeness (QED) is 0.645. The standard InChI is InChI=1S/C13H18BrNO3/c14-10-6-5-7-11(12(10)13(17)18)15-8-3-1-2-4-9-16/h5-7,15-16H,1-4,8-9H2,(H,17,18). The molecule has 0 spiro atoms.